The van der Waals surface area contributed by atoms with Crippen molar-refractivity contribution in [2.24, 2.45) is 0 Å². The topological polar surface area (TPSA) is 98.3 Å². The maximum absolute atomic E-state index is 13.0. The van der Waals surface area contributed by atoms with E-state index >= 15 is 0 Å². The zero-order valence-corrected chi connectivity index (χ0v) is 19.8. The van der Waals surface area contributed by atoms with Gasteiger partial charge in [-0.15, -0.1) is 0 Å². The Kier molecular flexibility index (Phi) is 5.47. The van der Waals surface area contributed by atoms with Gasteiger partial charge in [0.2, 0.25) is 11.7 Å². The number of hydrogen-bond acceptors (Lipinski definition) is 7. The quantitative estimate of drug-likeness (QED) is 0.468. The van der Waals surface area contributed by atoms with E-state index in [0.29, 0.717) is 22.8 Å². The lowest BCUT2D eigenvalue weighted by Gasteiger charge is -2.41. The molecule has 3 heterocycles. The van der Waals surface area contributed by atoms with E-state index in [0.717, 1.165) is 54.2 Å². The van der Waals surface area contributed by atoms with E-state index in [1.165, 1.54) is 0 Å². The van der Waals surface area contributed by atoms with Crippen LogP contribution in [0.15, 0.2) is 71.3 Å². The van der Waals surface area contributed by atoms with Gasteiger partial charge in [0.25, 0.3) is 5.91 Å². The summed E-state index contributed by atoms with van der Waals surface area (Å²) in [6.45, 7) is 4.85. The molecule has 1 saturated heterocycles. The summed E-state index contributed by atoms with van der Waals surface area (Å²) in [4.78, 5) is 21.9. The van der Waals surface area contributed by atoms with Gasteiger partial charge in [0.15, 0.2) is 0 Å². The summed E-state index contributed by atoms with van der Waals surface area (Å²) in [5.41, 5.74) is 5.93. The van der Waals surface area contributed by atoms with Gasteiger partial charge in [-0.1, -0.05) is 41.6 Å². The minimum Gasteiger partial charge on any atom is -0.368 e. The van der Waals surface area contributed by atoms with E-state index in [4.69, 9.17) is 4.52 Å². The second kappa shape index (κ2) is 8.95. The number of nitriles is 1. The summed E-state index contributed by atoms with van der Waals surface area (Å²) in [5, 5.41) is 16.9. The number of nitrogens with zero attached hydrogens (tertiary/aromatic N) is 5. The first-order valence-corrected chi connectivity index (χ1v) is 12.0. The van der Waals surface area contributed by atoms with Gasteiger partial charge in [0.1, 0.15) is 6.07 Å². The van der Waals surface area contributed by atoms with Gasteiger partial charge in [-0.2, -0.15) is 10.2 Å². The molecule has 178 valence electrons. The van der Waals surface area contributed by atoms with Gasteiger partial charge in [-0.05, 0) is 41.5 Å². The molecule has 1 fully saturated rings. The Bertz CT molecular complexity index is 1500. The van der Waals surface area contributed by atoms with Gasteiger partial charge >= 0.3 is 0 Å². The fourth-order valence-electron chi connectivity index (χ4n) is 5.22. The normalized spacial score (nSPS) is 17.5. The molecule has 2 aliphatic heterocycles. The molecule has 1 amide bonds. The standard InChI is InChI=1S/C28H24N6O2/c1-18-30-27(32-36-18)19-10-11-25(20(16-19)17-29)33-12-14-34(15-13-33)26-21-6-2-3-7-22(21)28(35)31-24-9-5-4-8-23(24)26/h2-11,16,26H,12-15H2,1H3,(H,31,35). The lowest BCUT2D eigenvalue weighted by molar-refractivity contribution is 0.102. The molecule has 6 rings (SSSR count). The number of carbonyl (C=O) groups is 1. The molecule has 8 heteroatoms. The molecule has 1 aromatic heterocycles. The molecule has 1 unspecified atom stereocenters. The predicted molar refractivity (Wildman–Crippen MR) is 136 cm³/mol. The third-order valence-corrected chi connectivity index (χ3v) is 6.93. The van der Waals surface area contributed by atoms with Gasteiger partial charge < -0.3 is 14.7 Å². The van der Waals surface area contributed by atoms with Crippen molar-refractivity contribution < 1.29 is 9.32 Å². The van der Waals surface area contributed by atoms with Crippen LogP contribution < -0.4 is 10.2 Å². The van der Waals surface area contributed by atoms with Crippen molar-refractivity contribution in [1.29, 1.82) is 5.26 Å². The number of nitrogens with one attached hydrogen (secondary N) is 1. The number of carbonyl (C=O) groups excluding carboxylic acids is 1. The van der Waals surface area contributed by atoms with Gasteiger partial charge in [0.05, 0.1) is 17.3 Å². The summed E-state index contributed by atoms with van der Waals surface area (Å²) >= 11 is 0. The maximum atomic E-state index is 13.0. The first-order valence-electron chi connectivity index (χ1n) is 12.0. The minimum absolute atomic E-state index is 0.0298. The molecule has 1 N–H and O–H groups in total. The number of benzene rings is 3. The molecule has 1 atom stereocenters. The second-order valence-electron chi connectivity index (χ2n) is 9.03. The van der Waals surface area contributed by atoms with Crippen molar-refractivity contribution in [3.63, 3.8) is 0 Å². The Balaban J connectivity index is 1.28. The monoisotopic (exact) mass is 476 g/mol. The number of aryl methyl sites for hydroxylation is 1. The number of rotatable bonds is 3. The van der Waals surface area contributed by atoms with Crippen molar-refractivity contribution in [2.45, 2.75) is 13.0 Å². The van der Waals surface area contributed by atoms with Crippen LogP contribution in [0.2, 0.25) is 0 Å². The van der Waals surface area contributed by atoms with E-state index < -0.39 is 0 Å². The van der Waals surface area contributed by atoms with E-state index in [1.54, 1.807) is 6.92 Å². The highest BCUT2D eigenvalue weighted by Crippen LogP contribution is 2.39. The smallest absolute Gasteiger partial charge is 0.256 e. The van der Waals surface area contributed by atoms with Crippen LogP contribution in [-0.2, 0) is 0 Å². The van der Waals surface area contributed by atoms with E-state index in [2.05, 4.69) is 43.5 Å². The third-order valence-electron chi connectivity index (χ3n) is 6.93. The van der Waals surface area contributed by atoms with Crippen LogP contribution in [0.5, 0.6) is 0 Å². The number of piperazine rings is 1. The Labute approximate surface area is 208 Å². The fourth-order valence-corrected chi connectivity index (χ4v) is 5.22. The van der Waals surface area contributed by atoms with Gasteiger partial charge in [-0.25, -0.2) is 0 Å². The highest BCUT2D eigenvalue weighted by molar-refractivity contribution is 6.07. The molecule has 0 aliphatic carbocycles. The van der Waals surface area contributed by atoms with Gasteiger partial charge in [-0.3, -0.25) is 9.69 Å². The van der Waals surface area contributed by atoms with Crippen LogP contribution >= 0.6 is 0 Å². The average molecular weight is 477 g/mol. The highest BCUT2D eigenvalue weighted by Gasteiger charge is 2.33. The van der Waals surface area contributed by atoms with Crippen LogP contribution in [-0.4, -0.2) is 47.1 Å². The molecule has 0 bridgehead atoms. The lowest BCUT2D eigenvalue weighted by atomic mass is 9.93. The zero-order chi connectivity index (χ0) is 24.6. The van der Waals surface area contributed by atoms with Crippen LogP contribution in [0, 0.1) is 18.3 Å². The van der Waals surface area contributed by atoms with E-state index in [9.17, 15) is 10.1 Å². The predicted octanol–water partition coefficient (Wildman–Crippen LogP) is 4.39. The van der Waals surface area contributed by atoms with E-state index in [1.807, 2.05) is 54.6 Å². The summed E-state index contributed by atoms with van der Waals surface area (Å²) in [6, 6.07) is 23.9. The third kappa shape index (κ3) is 3.80. The lowest BCUT2D eigenvalue weighted by Crippen LogP contribution is -2.48. The van der Waals surface area contributed by atoms with Gasteiger partial charge in [0, 0.05) is 49.9 Å². The Hall–Kier alpha value is -4.48. The summed E-state index contributed by atoms with van der Waals surface area (Å²) < 4.78 is 5.09. The molecular weight excluding hydrogens is 452 g/mol. The molecular formula is C28H24N6O2. The van der Waals surface area contributed by atoms with Crippen molar-refractivity contribution >= 4 is 17.3 Å². The largest absolute Gasteiger partial charge is 0.368 e. The van der Waals surface area contributed by atoms with Crippen molar-refractivity contribution in [3.05, 3.63) is 94.9 Å². The van der Waals surface area contributed by atoms with Crippen LogP contribution in [0.4, 0.5) is 11.4 Å². The highest BCUT2D eigenvalue weighted by atomic mass is 16.5. The first kappa shape index (κ1) is 22.0. The number of hydrogen-bond donors (Lipinski definition) is 1. The Morgan fingerprint density at radius 3 is 2.50 bits per heavy atom. The molecule has 0 radical (unpaired) electrons. The second-order valence-corrected chi connectivity index (χ2v) is 9.03. The molecule has 36 heavy (non-hydrogen) atoms. The van der Waals surface area contributed by atoms with Crippen LogP contribution in [0.3, 0.4) is 0 Å². The average Bonchev–Trinajstić information content (AvgIpc) is 3.31. The summed E-state index contributed by atoms with van der Waals surface area (Å²) in [7, 11) is 0. The summed E-state index contributed by atoms with van der Waals surface area (Å²) in [6.07, 6.45) is 0. The molecule has 0 spiro atoms. The fraction of sp³-hybridized carbons (Fsp3) is 0.214. The SMILES string of the molecule is Cc1nc(-c2ccc(N3CCN(C4c5ccccc5NC(=O)c5ccccc54)CC3)c(C#N)c2)no1. The number of aromatic nitrogens is 2. The van der Waals surface area contributed by atoms with Crippen molar-refractivity contribution in [3.8, 4) is 17.5 Å². The van der Waals surface area contributed by atoms with Crippen molar-refractivity contribution in [2.75, 3.05) is 36.4 Å². The minimum atomic E-state index is -0.0743. The number of para-hydroxylation sites is 1. The molecule has 8 nitrogen and oxygen atoms in total. The number of amides is 1. The first-order chi connectivity index (χ1) is 17.6. The van der Waals surface area contributed by atoms with E-state index in [-0.39, 0.29) is 11.9 Å². The number of anilines is 2. The number of fused-ring (bicyclic) bond motifs is 2. The van der Waals surface area contributed by atoms with Crippen LogP contribution in [0.25, 0.3) is 11.4 Å². The molecule has 0 saturated carbocycles. The summed E-state index contributed by atoms with van der Waals surface area (Å²) in [5.74, 6) is 0.895. The molecule has 4 aromatic rings. The molecule has 3 aromatic carbocycles. The van der Waals surface area contributed by atoms with Crippen molar-refractivity contribution in [1.82, 2.24) is 15.0 Å². The zero-order valence-electron chi connectivity index (χ0n) is 19.8. The van der Waals surface area contributed by atoms with Crippen LogP contribution in [0.1, 0.15) is 39.0 Å². The maximum Gasteiger partial charge on any atom is 0.256 e. The Morgan fingerprint density at radius 1 is 1.00 bits per heavy atom. The molecule has 2 aliphatic rings. The Morgan fingerprint density at radius 2 is 1.75 bits per heavy atom.